The third-order valence-corrected chi connectivity index (χ3v) is 1.71. The lowest BCUT2D eigenvalue weighted by molar-refractivity contribution is 0.0587. The Morgan fingerprint density at radius 1 is 1.50 bits per heavy atom. The highest BCUT2D eigenvalue weighted by Gasteiger charge is 2.13. The normalized spacial score (nSPS) is 10.4. The molecular weight excluding hydrogens is 184 g/mol. The number of ether oxygens (including phenoxy) is 1. The van der Waals surface area contributed by atoms with Gasteiger partial charge in [0, 0.05) is 11.9 Å². The van der Waals surface area contributed by atoms with Crippen molar-refractivity contribution in [3.63, 3.8) is 0 Å². The van der Waals surface area contributed by atoms with Crippen LogP contribution >= 0.6 is 0 Å². The van der Waals surface area contributed by atoms with E-state index in [0.29, 0.717) is 5.78 Å². The van der Waals surface area contributed by atoms with E-state index in [-0.39, 0.29) is 5.82 Å². The van der Waals surface area contributed by atoms with Gasteiger partial charge in [-0.05, 0) is 13.0 Å². The van der Waals surface area contributed by atoms with Crippen LogP contribution in [-0.2, 0) is 4.74 Å². The lowest BCUT2D eigenvalue weighted by Gasteiger charge is -1.90. The average Bonchev–Trinajstić information content (AvgIpc) is 2.59. The van der Waals surface area contributed by atoms with Crippen molar-refractivity contribution in [1.82, 2.24) is 19.6 Å². The molecule has 72 valence electrons. The second-order valence-electron chi connectivity index (χ2n) is 2.74. The van der Waals surface area contributed by atoms with Crippen LogP contribution in [-0.4, -0.2) is 32.7 Å². The Balaban J connectivity index is 2.56. The standard InChI is InChI=1S/C8H8N4O2/c1-5-3-4-12-8(9-5)10-6(11-12)7(13)14-2/h3-4H,1-2H3. The maximum absolute atomic E-state index is 11.1. The molecule has 2 rings (SSSR count). The molecule has 2 heterocycles. The zero-order chi connectivity index (χ0) is 10.1. The van der Waals surface area contributed by atoms with Gasteiger partial charge in [-0.2, -0.15) is 4.98 Å². The van der Waals surface area contributed by atoms with Gasteiger partial charge in [0.25, 0.3) is 11.6 Å². The number of hydrogen-bond acceptors (Lipinski definition) is 5. The summed E-state index contributed by atoms with van der Waals surface area (Å²) in [5, 5.41) is 3.89. The summed E-state index contributed by atoms with van der Waals surface area (Å²) in [6.45, 7) is 1.84. The summed E-state index contributed by atoms with van der Waals surface area (Å²) >= 11 is 0. The van der Waals surface area contributed by atoms with Gasteiger partial charge in [-0.3, -0.25) is 0 Å². The lowest BCUT2D eigenvalue weighted by Crippen LogP contribution is -2.03. The zero-order valence-electron chi connectivity index (χ0n) is 7.76. The average molecular weight is 192 g/mol. The van der Waals surface area contributed by atoms with Gasteiger partial charge in [0.15, 0.2) is 0 Å². The van der Waals surface area contributed by atoms with E-state index in [9.17, 15) is 4.79 Å². The molecule has 0 bridgehead atoms. The molecule has 2 aromatic heterocycles. The van der Waals surface area contributed by atoms with Crippen LogP contribution in [0, 0.1) is 6.92 Å². The Kier molecular flexibility index (Phi) is 1.88. The van der Waals surface area contributed by atoms with Crippen molar-refractivity contribution >= 4 is 11.7 Å². The molecule has 0 atom stereocenters. The molecule has 0 aliphatic rings. The largest absolute Gasteiger partial charge is 0.463 e. The zero-order valence-corrected chi connectivity index (χ0v) is 7.76. The van der Waals surface area contributed by atoms with Crippen molar-refractivity contribution in [3.8, 4) is 0 Å². The van der Waals surface area contributed by atoms with E-state index >= 15 is 0 Å². The molecule has 6 heteroatoms. The molecular formula is C8H8N4O2. The fourth-order valence-electron chi connectivity index (χ4n) is 1.04. The smallest absolute Gasteiger partial charge is 0.378 e. The summed E-state index contributed by atoms with van der Waals surface area (Å²) in [6, 6.07) is 1.78. The molecule has 0 spiro atoms. The van der Waals surface area contributed by atoms with Crippen LogP contribution in [0.5, 0.6) is 0 Å². The van der Waals surface area contributed by atoms with Crippen LogP contribution in [0.1, 0.15) is 16.3 Å². The van der Waals surface area contributed by atoms with E-state index in [1.807, 2.05) is 6.92 Å². The van der Waals surface area contributed by atoms with Crippen molar-refractivity contribution in [2.24, 2.45) is 0 Å². The highest BCUT2D eigenvalue weighted by molar-refractivity contribution is 5.85. The number of carbonyl (C=O) groups excluding carboxylic acids is 1. The first-order valence-corrected chi connectivity index (χ1v) is 3.99. The van der Waals surface area contributed by atoms with Gasteiger partial charge in [-0.1, -0.05) is 0 Å². The summed E-state index contributed by atoms with van der Waals surface area (Å²) in [4.78, 5) is 19.1. The van der Waals surface area contributed by atoms with E-state index in [1.54, 1.807) is 12.3 Å². The fraction of sp³-hybridized carbons (Fsp3) is 0.250. The monoisotopic (exact) mass is 192 g/mol. The highest BCUT2D eigenvalue weighted by atomic mass is 16.5. The first-order valence-electron chi connectivity index (χ1n) is 3.99. The molecule has 0 aliphatic heterocycles. The quantitative estimate of drug-likeness (QED) is 0.604. The van der Waals surface area contributed by atoms with Crippen molar-refractivity contribution in [2.45, 2.75) is 6.92 Å². The van der Waals surface area contributed by atoms with Crippen molar-refractivity contribution in [3.05, 3.63) is 23.8 Å². The number of hydrogen-bond donors (Lipinski definition) is 0. The number of aryl methyl sites for hydroxylation is 1. The molecule has 0 saturated heterocycles. The molecule has 6 nitrogen and oxygen atoms in total. The molecule has 0 unspecified atom stereocenters. The summed E-state index contributed by atoms with van der Waals surface area (Å²) in [5.74, 6) is -0.149. The van der Waals surface area contributed by atoms with E-state index in [1.165, 1.54) is 11.6 Å². The third-order valence-electron chi connectivity index (χ3n) is 1.71. The first kappa shape index (κ1) is 8.61. The molecule has 0 amide bonds. The maximum Gasteiger partial charge on any atom is 0.378 e. The number of fused-ring (bicyclic) bond motifs is 1. The van der Waals surface area contributed by atoms with Gasteiger partial charge in [-0.25, -0.2) is 14.3 Å². The maximum atomic E-state index is 11.1. The number of esters is 1. The van der Waals surface area contributed by atoms with Crippen LogP contribution in [0.15, 0.2) is 12.3 Å². The van der Waals surface area contributed by atoms with Gasteiger partial charge >= 0.3 is 5.97 Å². The summed E-state index contributed by atoms with van der Waals surface area (Å²) in [7, 11) is 1.28. The molecule has 0 aliphatic carbocycles. The van der Waals surface area contributed by atoms with Gasteiger partial charge in [0.2, 0.25) is 0 Å². The second-order valence-corrected chi connectivity index (χ2v) is 2.74. The first-order chi connectivity index (χ1) is 6.70. The second kappa shape index (κ2) is 3.06. The Bertz CT molecular complexity index is 491. The minimum atomic E-state index is -0.562. The van der Waals surface area contributed by atoms with Gasteiger partial charge in [0.05, 0.1) is 7.11 Å². The van der Waals surface area contributed by atoms with E-state index in [4.69, 9.17) is 0 Å². The third kappa shape index (κ3) is 1.30. The molecule has 0 fully saturated rings. The van der Waals surface area contributed by atoms with E-state index < -0.39 is 5.97 Å². The molecule has 0 radical (unpaired) electrons. The molecule has 14 heavy (non-hydrogen) atoms. The van der Waals surface area contributed by atoms with Crippen molar-refractivity contribution in [2.75, 3.05) is 7.11 Å². The van der Waals surface area contributed by atoms with E-state index in [2.05, 4.69) is 19.8 Å². The van der Waals surface area contributed by atoms with Crippen LogP contribution in [0.4, 0.5) is 0 Å². The lowest BCUT2D eigenvalue weighted by atomic mass is 10.5. The molecule has 2 aromatic rings. The van der Waals surface area contributed by atoms with Crippen LogP contribution in [0.3, 0.4) is 0 Å². The molecule has 0 saturated carbocycles. The summed E-state index contributed by atoms with van der Waals surface area (Å²) in [6.07, 6.45) is 1.69. The van der Waals surface area contributed by atoms with Crippen molar-refractivity contribution in [1.29, 1.82) is 0 Å². The van der Waals surface area contributed by atoms with Crippen LogP contribution in [0.2, 0.25) is 0 Å². The van der Waals surface area contributed by atoms with Gasteiger partial charge in [0.1, 0.15) is 0 Å². The number of methoxy groups -OCH3 is 1. The van der Waals surface area contributed by atoms with Crippen molar-refractivity contribution < 1.29 is 9.53 Å². The Hall–Kier alpha value is -1.98. The van der Waals surface area contributed by atoms with Gasteiger partial charge < -0.3 is 4.74 Å². The number of aromatic nitrogens is 4. The Morgan fingerprint density at radius 2 is 2.29 bits per heavy atom. The molecule has 0 aromatic carbocycles. The van der Waals surface area contributed by atoms with Crippen LogP contribution < -0.4 is 0 Å². The number of nitrogens with zero attached hydrogens (tertiary/aromatic N) is 4. The minimum absolute atomic E-state index is 0.0191. The predicted molar refractivity (Wildman–Crippen MR) is 46.9 cm³/mol. The topological polar surface area (TPSA) is 69.4 Å². The highest BCUT2D eigenvalue weighted by Crippen LogP contribution is 2.00. The number of carbonyl (C=O) groups is 1. The van der Waals surface area contributed by atoms with Gasteiger partial charge in [-0.15, -0.1) is 5.10 Å². The predicted octanol–water partition coefficient (Wildman–Crippen LogP) is 0.219. The minimum Gasteiger partial charge on any atom is -0.463 e. The summed E-state index contributed by atoms with van der Waals surface area (Å²) < 4.78 is 5.92. The SMILES string of the molecule is COC(=O)c1nc2nc(C)ccn2n1. The molecule has 0 N–H and O–H groups in total. The van der Waals surface area contributed by atoms with E-state index in [0.717, 1.165) is 5.69 Å². The summed E-state index contributed by atoms with van der Waals surface area (Å²) in [5.41, 5.74) is 0.821. The Morgan fingerprint density at radius 3 is 3.00 bits per heavy atom. The number of rotatable bonds is 1. The van der Waals surface area contributed by atoms with Crippen LogP contribution in [0.25, 0.3) is 5.78 Å². The fourth-order valence-corrected chi connectivity index (χ4v) is 1.04. The Labute approximate surface area is 79.5 Å².